The van der Waals surface area contributed by atoms with E-state index in [1.54, 1.807) is 6.07 Å². The number of carboxylic acids is 1. The maximum Gasteiger partial charge on any atom is 0.335 e. The van der Waals surface area contributed by atoms with Crippen molar-refractivity contribution in [3.63, 3.8) is 0 Å². The Balaban J connectivity index is 2.50. The van der Waals surface area contributed by atoms with Crippen LogP contribution < -0.4 is 0 Å². The van der Waals surface area contributed by atoms with Crippen LogP contribution in [0.25, 0.3) is 0 Å². The molecule has 0 saturated carbocycles. The van der Waals surface area contributed by atoms with Gasteiger partial charge in [0.15, 0.2) is 0 Å². The third-order valence-corrected chi connectivity index (χ3v) is 4.51. The molecular weight excluding hydrogens is 256 g/mol. The van der Waals surface area contributed by atoms with Crippen LogP contribution in [0, 0.1) is 5.92 Å². The molecule has 0 aromatic heterocycles. The summed E-state index contributed by atoms with van der Waals surface area (Å²) in [6.45, 7) is 4.27. The molecule has 110 valence electrons. The SMILES string of the molecule is C[C@@H]1CC[C@@H]([C@@H](C)CCO)c2cc(C(=O)O)cc(O)c21. The molecule has 1 aliphatic rings. The number of hydrogen-bond acceptors (Lipinski definition) is 3. The normalized spacial score (nSPS) is 23.1. The van der Waals surface area contributed by atoms with Crippen molar-refractivity contribution < 1.29 is 20.1 Å². The summed E-state index contributed by atoms with van der Waals surface area (Å²) >= 11 is 0. The van der Waals surface area contributed by atoms with Gasteiger partial charge in [0.25, 0.3) is 0 Å². The van der Waals surface area contributed by atoms with E-state index in [2.05, 4.69) is 13.8 Å². The summed E-state index contributed by atoms with van der Waals surface area (Å²) in [5.74, 6) is -0.207. The second-order valence-electron chi connectivity index (χ2n) is 5.88. The molecule has 1 aliphatic carbocycles. The molecule has 0 amide bonds. The van der Waals surface area contributed by atoms with Crippen LogP contribution in [0.1, 0.15) is 66.4 Å². The molecule has 0 radical (unpaired) electrons. The second kappa shape index (κ2) is 5.83. The highest BCUT2D eigenvalue weighted by Crippen LogP contribution is 2.46. The molecule has 0 heterocycles. The summed E-state index contributed by atoms with van der Waals surface area (Å²) in [5, 5.41) is 28.4. The first kappa shape index (κ1) is 14.9. The number of aromatic carboxylic acids is 1. The number of aliphatic hydroxyl groups is 1. The first-order valence-electron chi connectivity index (χ1n) is 7.16. The fourth-order valence-electron chi connectivity index (χ4n) is 3.35. The third-order valence-electron chi connectivity index (χ3n) is 4.51. The summed E-state index contributed by atoms with van der Waals surface area (Å²) in [5.41, 5.74) is 1.97. The van der Waals surface area contributed by atoms with Gasteiger partial charge in [-0.1, -0.05) is 13.8 Å². The number of phenols is 1. The average molecular weight is 278 g/mol. The number of carboxylic acid groups (broad SMARTS) is 1. The molecule has 0 saturated heterocycles. The molecule has 4 heteroatoms. The summed E-state index contributed by atoms with van der Waals surface area (Å²) in [6.07, 6.45) is 2.64. The Bertz CT molecular complexity index is 509. The zero-order valence-corrected chi connectivity index (χ0v) is 12.0. The van der Waals surface area contributed by atoms with Crippen LogP contribution in [0.4, 0.5) is 0 Å². The maximum absolute atomic E-state index is 11.2. The lowest BCUT2D eigenvalue weighted by Crippen LogP contribution is -2.20. The maximum atomic E-state index is 11.2. The van der Waals surface area contributed by atoms with E-state index in [1.807, 2.05) is 0 Å². The molecule has 1 aromatic carbocycles. The highest BCUT2D eigenvalue weighted by molar-refractivity contribution is 5.88. The summed E-state index contributed by atoms with van der Waals surface area (Å²) in [7, 11) is 0. The molecule has 2 rings (SSSR count). The first-order chi connectivity index (χ1) is 9.45. The van der Waals surface area contributed by atoms with Crippen LogP contribution in [0.5, 0.6) is 5.75 Å². The molecule has 0 aliphatic heterocycles. The number of phenolic OH excluding ortho intramolecular Hbond substituents is 1. The largest absolute Gasteiger partial charge is 0.508 e. The lowest BCUT2D eigenvalue weighted by Gasteiger charge is -2.34. The Kier molecular flexibility index (Phi) is 4.33. The van der Waals surface area contributed by atoms with Crippen molar-refractivity contribution in [2.24, 2.45) is 5.92 Å². The fraction of sp³-hybridized carbons (Fsp3) is 0.562. The van der Waals surface area contributed by atoms with E-state index in [9.17, 15) is 9.90 Å². The molecular formula is C16H22O4. The number of aliphatic hydroxyl groups excluding tert-OH is 1. The van der Waals surface area contributed by atoms with E-state index in [1.165, 1.54) is 6.07 Å². The van der Waals surface area contributed by atoms with Gasteiger partial charge in [0.05, 0.1) is 5.56 Å². The Morgan fingerprint density at radius 2 is 2.10 bits per heavy atom. The third kappa shape index (κ3) is 2.66. The summed E-state index contributed by atoms with van der Waals surface area (Å²) in [6, 6.07) is 3.04. The first-order valence-corrected chi connectivity index (χ1v) is 7.16. The number of hydrogen-bond donors (Lipinski definition) is 3. The van der Waals surface area contributed by atoms with Gasteiger partial charge >= 0.3 is 5.97 Å². The Labute approximate surface area is 119 Å². The number of carbonyl (C=O) groups is 1. The monoisotopic (exact) mass is 278 g/mol. The minimum absolute atomic E-state index is 0.0910. The molecule has 0 unspecified atom stereocenters. The standard InChI is InChI=1S/C16H22O4/c1-9(5-6-17)12-4-3-10(2)15-13(12)7-11(16(19)20)8-14(15)18/h7-10,12,17-18H,3-6H2,1-2H3,(H,19,20)/t9-,10+,12-/m0/s1. The molecule has 0 fully saturated rings. The molecule has 3 N–H and O–H groups in total. The van der Waals surface area contributed by atoms with E-state index >= 15 is 0 Å². The Hall–Kier alpha value is -1.55. The van der Waals surface area contributed by atoms with Crippen LogP contribution in [0.2, 0.25) is 0 Å². The van der Waals surface area contributed by atoms with Crippen LogP contribution in [-0.2, 0) is 0 Å². The minimum atomic E-state index is -1.02. The Morgan fingerprint density at radius 1 is 1.40 bits per heavy atom. The molecule has 0 spiro atoms. The number of fused-ring (bicyclic) bond motifs is 1. The van der Waals surface area contributed by atoms with Crippen molar-refractivity contribution in [2.45, 2.75) is 44.9 Å². The van der Waals surface area contributed by atoms with Crippen molar-refractivity contribution in [3.8, 4) is 5.75 Å². The van der Waals surface area contributed by atoms with Crippen LogP contribution in [0.3, 0.4) is 0 Å². The minimum Gasteiger partial charge on any atom is -0.508 e. The van der Waals surface area contributed by atoms with Gasteiger partial charge in [-0.05, 0) is 54.7 Å². The van der Waals surface area contributed by atoms with Gasteiger partial charge in [0, 0.05) is 12.2 Å². The molecule has 4 nitrogen and oxygen atoms in total. The van der Waals surface area contributed by atoms with Gasteiger partial charge in [-0.15, -0.1) is 0 Å². The van der Waals surface area contributed by atoms with E-state index in [0.29, 0.717) is 6.42 Å². The summed E-state index contributed by atoms with van der Waals surface area (Å²) < 4.78 is 0. The van der Waals surface area contributed by atoms with E-state index in [-0.39, 0.29) is 35.7 Å². The van der Waals surface area contributed by atoms with E-state index < -0.39 is 5.97 Å². The fourth-order valence-corrected chi connectivity index (χ4v) is 3.35. The quantitative estimate of drug-likeness (QED) is 0.791. The van der Waals surface area contributed by atoms with Crippen LogP contribution in [0.15, 0.2) is 12.1 Å². The van der Waals surface area contributed by atoms with Crippen LogP contribution >= 0.6 is 0 Å². The van der Waals surface area contributed by atoms with Gasteiger partial charge in [0.1, 0.15) is 5.75 Å². The zero-order valence-electron chi connectivity index (χ0n) is 12.0. The van der Waals surface area contributed by atoms with Crippen molar-refractivity contribution >= 4 is 5.97 Å². The molecule has 3 atom stereocenters. The molecule has 1 aromatic rings. The highest BCUT2D eigenvalue weighted by Gasteiger charge is 2.31. The zero-order chi connectivity index (χ0) is 14.9. The highest BCUT2D eigenvalue weighted by atomic mass is 16.4. The van der Waals surface area contributed by atoms with E-state index in [0.717, 1.165) is 24.0 Å². The van der Waals surface area contributed by atoms with Gasteiger partial charge < -0.3 is 15.3 Å². The number of benzene rings is 1. The van der Waals surface area contributed by atoms with Crippen molar-refractivity contribution in [2.75, 3.05) is 6.61 Å². The number of rotatable bonds is 4. The predicted molar refractivity (Wildman–Crippen MR) is 76.3 cm³/mol. The van der Waals surface area contributed by atoms with Crippen molar-refractivity contribution in [1.29, 1.82) is 0 Å². The van der Waals surface area contributed by atoms with Gasteiger partial charge in [-0.2, -0.15) is 0 Å². The second-order valence-corrected chi connectivity index (χ2v) is 5.88. The predicted octanol–water partition coefficient (Wildman–Crippen LogP) is 3.09. The van der Waals surface area contributed by atoms with Gasteiger partial charge in [0.2, 0.25) is 0 Å². The molecule has 20 heavy (non-hydrogen) atoms. The van der Waals surface area contributed by atoms with Crippen molar-refractivity contribution in [3.05, 3.63) is 28.8 Å². The number of aromatic hydroxyl groups is 1. The Morgan fingerprint density at radius 3 is 2.70 bits per heavy atom. The van der Waals surface area contributed by atoms with Gasteiger partial charge in [-0.25, -0.2) is 4.79 Å². The molecule has 0 bridgehead atoms. The topological polar surface area (TPSA) is 77.8 Å². The van der Waals surface area contributed by atoms with Crippen LogP contribution in [-0.4, -0.2) is 27.9 Å². The average Bonchev–Trinajstić information content (AvgIpc) is 2.38. The smallest absolute Gasteiger partial charge is 0.335 e. The lowest BCUT2D eigenvalue weighted by atomic mass is 9.71. The lowest BCUT2D eigenvalue weighted by molar-refractivity contribution is 0.0696. The summed E-state index contributed by atoms with van der Waals surface area (Å²) in [4.78, 5) is 11.2. The van der Waals surface area contributed by atoms with Gasteiger partial charge in [-0.3, -0.25) is 0 Å². The van der Waals surface area contributed by atoms with E-state index in [4.69, 9.17) is 10.2 Å². The van der Waals surface area contributed by atoms with Crippen molar-refractivity contribution in [1.82, 2.24) is 0 Å².